The van der Waals surface area contributed by atoms with Crippen LogP contribution in [0, 0.1) is 0 Å². The molecule has 0 spiro atoms. The van der Waals surface area contributed by atoms with Crippen molar-refractivity contribution in [1.29, 1.82) is 0 Å². The van der Waals surface area contributed by atoms with Crippen molar-refractivity contribution in [2.24, 2.45) is 0 Å². The van der Waals surface area contributed by atoms with E-state index in [9.17, 15) is 4.79 Å². The summed E-state index contributed by atoms with van der Waals surface area (Å²) in [5, 5.41) is 9.58. The van der Waals surface area contributed by atoms with Crippen molar-refractivity contribution in [2.45, 2.75) is 45.6 Å². The van der Waals surface area contributed by atoms with Crippen LogP contribution in [0.4, 0.5) is 11.4 Å². The van der Waals surface area contributed by atoms with E-state index in [1.807, 2.05) is 6.07 Å². The maximum Gasteiger partial charge on any atom is 0.328 e. The molecule has 0 saturated heterocycles. The van der Waals surface area contributed by atoms with E-state index in [4.69, 9.17) is 16.7 Å². The summed E-state index contributed by atoms with van der Waals surface area (Å²) in [6.07, 6.45) is 7.12. The molecule has 2 aromatic rings. The molecule has 1 aliphatic rings. The largest absolute Gasteiger partial charge is 0.478 e. The Bertz CT molecular complexity index is 894. The third kappa shape index (κ3) is 5.87. The number of aliphatic carboxylic acids is 1. The van der Waals surface area contributed by atoms with E-state index in [1.165, 1.54) is 28.6 Å². The van der Waals surface area contributed by atoms with E-state index < -0.39 is 5.97 Å². The summed E-state index contributed by atoms with van der Waals surface area (Å²) in [4.78, 5) is 15.4. The van der Waals surface area contributed by atoms with Gasteiger partial charge in [0.1, 0.15) is 0 Å². The van der Waals surface area contributed by atoms with Gasteiger partial charge in [0, 0.05) is 41.6 Å². The zero-order valence-corrected chi connectivity index (χ0v) is 18.6. The molecule has 3 rings (SSSR count). The predicted octanol–water partition coefficient (Wildman–Crippen LogP) is 5.71. The van der Waals surface area contributed by atoms with Gasteiger partial charge in [0.15, 0.2) is 0 Å². The van der Waals surface area contributed by atoms with Gasteiger partial charge < -0.3 is 10.0 Å². The molecular weight excluding hydrogens is 396 g/mol. The summed E-state index contributed by atoms with van der Waals surface area (Å²) < 4.78 is 0. The summed E-state index contributed by atoms with van der Waals surface area (Å²) >= 11 is 6.35. The molecule has 0 aromatic heterocycles. The van der Waals surface area contributed by atoms with Gasteiger partial charge in [-0.2, -0.15) is 0 Å². The van der Waals surface area contributed by atoms with Crippen LogP contribution in [0.3, 0.4) is 0 Å². The molecule has 0 aliphatic carbocycles. The maximum atomic E-state index is 10.7. The molecule has 1 N–H and O–H groups in total. The summed E-state index contributed by atoms with van der Waals surface area (Å²) in [6, 6.07) is 15.3. The summed E-state index contributed by atoms with van der Waals surface area (Å²) in [7, 11) is 0. The molecule has 1 aliphatic heterocycles. The van der Waals surface area contributed by atoms with E-state index in [0.717, 1.165) is 43.8 Å². The van der Waals surface area contributed by atoms with Gasteiger partial charge in [-0.25, -0.2) is 4.79 Å². The fraction of sp³-hybridized carbons (Fsp3) is 0.400. The second kappa shape index (κ2) is 10.6. The number of benzene rings is 2. The van der Waals surface area contributed by atoms with Crippen LogP contribution in [-0.2, 0) is 17.6 Å². The standard InChI is InChI=1S/C25H31ClN2O2/c1-19(2)27(16-7-10-25(29)30)15-5-6-17-28-23-9-4-3-8-20(23)11-12-21-13-14-22(26)18-24(21)28/h3-4,7-10,13-14,18-19H,5-6,11-12,15-17H2,1-2H3,(H,29,30)/b10-7+. The highest BCUT2D eigenvalue weighted by atomic mass is 35.5. The minimum absolute atomic E-state index is 0.377. The fourth-order valence-electron chi connectivity index (χ4n) is 4.06. The molecule has 0 bridgehead atoms. The van der Waals surface area contributed by atoms with Crippen molar-refractivity contribution in [2.75, 3.05) is 24.5 Å². The molecule has 4 nitrogen and oxygen atoms in total. The Morgan fingerprint density at radius 1 is 1.13 bits per heavy atom. The van der Waals surface area contributed by atoms with Crippen LogP contribution in [0.2, 0.25) is 5.02 Å². The minimum atomic E-state index is -0.893. The average molecular weight is 427 g/mol. The molecule has 1 heterocycles. The van der Waals surface area contributed by atoms with Gasteiger partial charge >= 0.3 is 5.97 Å². The number of para-hydroxylation sites is 1. The number of rotatable bonds is 9. The van der Waals surface area contributed by atoms with E-state index in [1.54, 1.807) is 6.08 Å². The molecule has 0 saturated carbocycles. The minimum Gasteiger partial charge on any atom is -0.478 e. The van der Waals surface area contributed by atoms with E-state index in [2.05, 4.69) is 60.0 Å². The van der Waals surface area contributed by atoms with E-state index >= 15 is 0 Å². The molecule has 5 heteroatoms. The number of aryl methyl sites for hydroxylation is 2. The molecule has 2 aromatic carbocycles. The molecule has 0 amide bonds. The highest BCUT2D eigenvalue weighted by Crippen LogP contribution is 2.37. The Morgan fingerprint density at radius 2 is 1.87 bits per heavy atom. The van der Waals surface area contributed by atoms with Crippen molar-refractivity contribution in [3.63, 3.8) is 0 Å². The lowest BCUT2D eigenvalue weighted by Gasteiger charge is -2.28. The van der Waals surface area contributed by atoms with Crippen LogP contribution in [0.15, 0.2) is 54.6 Å². The summed E-state index contributed by atoms with van der Waals surface area (Å²) in [5.74, 6) is -0.893. The molecule has 0 radical (unpaired) electrons. The Labute approximate surface area is 184 Å². The number of carboxylic acids is 1. The number of anilines is 2. The van der Waals surface area contributed by atoms with Gasteiger partial charge in [-0.15, -0.1) is 0 Å². The SMILES string of the molecule is CC(C)N(C/C=C/C(=O)O)CCCCN1c2ccccc2CCc2ccc(Cl)cc21. The van der Waals surface area contributed by atoms with Gasteiger partial charge in [0.2, 0.25) is 0 Å². The van der Waals surface area contributed by atoms with Crippen molar-refractivity contribution < 1.29 is 9.90 Å². The first kappa shape index (κ1) is 22.4. The monoisotopic (exact) mass is 426 g/mol. The number of hydrogen-bond acceptors (Lipinski definition) is 3. The average Bonchev–Trinajstić information content (AvgIpc) is 2.86. The van der Waals surface area contributed by atoms with Crippen LogP contribution >= 0.6 is 11.6 Å². The van der Waals surface area contributed by atoms with Crippen molar-refractivity contribution in [3.05, 3.63) is 70.8 Å². The second-order valence-electron chi connectivity index (χ2n) is 8.09. The lowest BCUT2D eigenvalue weighted by Crippen LogP contribution is -2.32. The quantitative estimate of drug-likeness (QED) is 0.412. The summed E-state index contributed by atoms with van der Waals surface area (Å²) in [6.45, 7) is 6.84. The number of halogens is 1. The highest BCUT2D eigenvalue weighted by Gasteiger charge is 2.20. The molecule has 0 unspecified atom stereocenters. The number of fused-ring (bicyclic) bond motifs is 2. The Kier molecular flexibility index (Phi) is 7.94. The lowest BCUT2D eigenvalue weighted by atomic mass is 10.0. The Morgan fingerprint density at radius 3 is 2.60 bits per heavy atom. The molecule has 30 heavy (non-hydrogen) atoms. The van der Waals surface area contributed by atoms with E-state index in [0.29, 0.717) is 12.6 Å². The van der Waals surface area contributed by atoms with Gasteiger partial charge in [0.05, 0.1) is 0 Å². The molecule has 160 valence electrons. The van der Waals surface area contributed by atoms with Crippen molar-refractivity contribution in [3.8, 4) is 0 Å². The topological polar surface area (TPSA) is 43.8 Å². The molecule has 0 fully saturated rings. The zero-order chi connectivity index (χ0) is 21.5. The van der Waals surface area contributed by atoms with Gasteiger partial charge in [0.25, 0.3) is 0 Å². The maximum absolute atomic E-state index is 10.7. The smallest absolute Gasteiger partial charge is 0.328 e. The van der Waals surface area contributed by atoms with Crippen LogP contribution in [-0.4, -0.2) is 41.7 Å². The third-order valence-electron chi connectivity index (χ3n) is 5.69. The molecular formula is C25H31ClN2O2. The Balaban J connectivity index is 1.68. The first-order valence-electron chi connectivity index (χ1n) is 10.7. The number of unbranched alkanes of at least 4 members (excludes halogenated alkanes) is 1. The molecule has 0 atom stereocenters. The number of nitrogens with zero attached hydrogens (tertiary/aromatic N) is 2. The van der Waals surface area contributed by atoms with Crippen LogP contribution in [0.1, 0.15) is 37.8 Å². The third-order valence-corrected chi connectivity index (χ3v) is 5.93. The number of carbonyl (C=O) groups is 1. The van der Waals surface area contributed by atoms with Crippen molar-refractivity contribution in [1.82, 2.24) is 4.90 Å². The first-order valence-corrected chi connectivity index (χ1v) is 11.1. The zero-order valence-electron chi connectivity index (χ0n) is 17.9. The highest BCUT2D eigenvalue weighted by molar-refractivity contribution is 6.30. The Hall–Kier alpha value is -2.30. The van der Waals surface area contributed by atoms with Crippen molar-refractivity contribution >= 4 is 28.9 Å². The fourth-order valence-corrected chi connectivity index (χ4v) is 4.23. The first-order chi connectivity index (χ1) is 14.5. The van der Waals surface area contributed by atoms with Crippen LogP contribution < -0.4 is 4.90 Å². The van der Waals surface area contributed by atoms with E-state index in [-0.39, 0.29) is 0 Å². The lowest BCUT2D eigenvalue weighted by molar-refractivity contribution is -0.131. The summed E-state index contributed by atoms with van der Waals surface area (Å²) in [5.41, 5.74) is 5.23. The van der Waals surface area contributed by atoms with Crippen LogP contribution in [0.25, 0.3) is 0 Å². The van der Waals surface area contributed by atoms with Crippen LogP contribution in [0.5, 0.6) is 0 Å². The number of carboxylic acid groups (broad SMARTS) is 1. The second-order valence-corrected chi connectivity index (χ2v) is 8.53. The van der Waals surface area contributed by atoms with Gasteiger partial charge in [-0.3, -0.25) is 4.90 Å². The normalized spacial score (nSPS) is 13.6. The number of hydrogen-bond donors (Lipinski definition) is 1. The van der Waals surface area contributed by atoms with Gasteiger partial charge in [-0.05, 0) is 75.4 Å². The predicted molar refractivity (Wildman–Crippen MR) is 125 cm³/mol. The van der Waals surface area contributed by atoms with Gasteiger partial charge in [-0.1, -0.05) is 41.9 Å².